The van der Waals surface area contributed by atoms with E-state index in [9.17, 15) is 4.79 Å². The molecule has 0 bridgehead atoms. The van der Waals surface area contributed by atoms with E-state index in [0.29, 0.717) is 11.4 Å². The van der Waals surface area contributed by atoms with Gasteiger partial charge in [0.25, 0.3) is 0 Å². The van der Waals surface area contributed by atoms with E-state index >= 15 is 0 Å². The molecule has 2 nitrogen and oxygen atoms in total. The summed E-state index contributed by atoms with van der Waals surface area (Å²) in [5, 5.41) is 0.711. The van der Waals surface area contributed by atoms with E-state index in [2.05, 4.69) is 18.2 Å². The monoisotopic (exact) mass is 361 g/mol. The first-order valence-corrected chi connectivity index (χ1v) is 9.19. The maximum Gasteiger partial charge on any atom is 0.231 e. The fourth-order valence-corrected chi connectivity index (χ4v) is 4.22. The average molecular weight is 362 g/mol. The predicted molar refractivity (Wildman–Crippen MR) is 107 cm³/mol. The number of fused-ring (bicyclic) bond motifs is 1. The van der Waals surface area contributed by atoms with E-state index in [-0.39, 0.29) is 17.7 Å². The molecule has 3 aromatic rings. The van der Waals surface area contributed by atoms with E-state index in [0.717, 1.165) is 22.4 Å². The molecule has 0 saturated carbocycles. The number of nitrogens with zero attached hydrogens (tertiary/aromatic N) is 1. The minimum absolute atomic E-state index is 0.0520. The number of carbonyl (C=O) groups excluding carboxylic acids is 1. The van der Waals surface area contributed by atoms with Crippen molar-refractivity contribution >= 4 is 23.2 Å². The molecule has 0 spiro atoms. The van der Waals surface area contributed by atoms with E-state index in [1.165, 1.54) is 0 Å². The second kappa shape index (κ2) is 6.97. The van der Waals surface area contributed by atoms with Crippen molar-refractivity contribution in [2.45, 2.75) is 12.3 Å². The molecule has 0 aromatic heterocycles. The SMILES string of the molecule is CN1C(=O)C(Cc2ccccc2)C(c2ccccc2Cl)c2ccccc21. The molecule has 130 valence electrons. The van der Waals surface area contributed by atoms with Gasteiger partial charge in [0.05, 0.1) is 5.92 Å². The zero-order valence-electron chi connectivity index (χ0n) is 14.6. The molecule has 0 aliphatic carbocycles. The number of carbonyl (C=O) groups is 1. The molecule has 2 unspecified atom stereocenters. The molecule has 0 radical (unpaired) electrons. The Morgan fingerprint density at radius 2 is 1.46 bits per heavy atom. The van der Waals surface area contributed by atoms with E-state index in [1.54, 1.807) is 4.90 Å². The summed E-state index contributed by atoms with van der Waals surface area (Å²) >= 11 is 6.55. The molecule has 2 atom stereocenters. The average Bonchev–Trinajstić information content (AvgIpc) is 2.68. The van der Waals surface area contributed by atoms with Crippen LogP contribution in [0.2, 0.25) is 5.02 Å². The van der Waals surface area contributed by atoms with Crippen LogP contribution in [-0.4, -0.2) is 13.0 Å². The molecular formula is C23H20ClNO. The van der Waals surface area contributed by atoms with Crippen molar-refractivity contribution in [3.63, 3.8) is 0 Å². The van der Waals surface area contributed by atoms with E-state index < -0.39 is 0 Å². The Labute approximate surface area is 159 Å². The molecule has 1 aliphatic heterocycles. The quantitative estimate of drug-likeness (QED) is 0.619. The largest absolute Gasteiger partial charge is 0.315 e. The minimum atomic E-state index is -0.183. The van der Waals surface area contributed by atoms with Gasteiger partial charge in [-0.15, -0.1) is 0 Å². The lowest BCUT2D eigenvalue weighted by Gasteiger charge is -2.38. The lowest BCUT2D eigenvalue weighted by atomic mass is 9.74. The Morgan fingerprint density at radius 3 is 2.19 bits per heavy atom. The predicted octanol–water partition coefficient (Wildman–Crippen LogP) is 5.31. The van der Waals surface area contributed by atoms with Gasteiger partial charge in [-0.25, -0.2) is 0 Å². The van der Waals surface area contributed by atoms with Gasteiger partial charge in [-0.2, -0.15) is 0 Å². The molecule has 1 amide bonds. The molecule has 0 N–H and O–H groups in total. The number of para-hydroxylation sites is 1. The summed E-state index contributed by atoms with van der Waals surface area (Å²) in [5.74, 6) is -0.0986. The zero-order chi connectivity index (χ0) is 18.1. The second-order valence-corrected chi connectivity index (χ2v) is 7.16. The first kappa shape index (κ1) is 16.9. The topological polar surface area (TPSA) is 20.3 Å². The van der Waals surface area contributed by atoms with Gasteiger partial charge >= 0.3 is 0 Å². The minimum Gasteiger partial charge on any atom is -0.315 e. The van der Waals surface area contributed by atoms with Crippen molar-refractivity contribution in [2.75, 3.05) is 11.9 Å². The van der Waals surface area contributed by atoms with Crippen LogP contribution in [0.3, 0.4) is 0 Å². The van der Waals surface area contributed by atoms with Gasteiger partial charge in [0.1, 0.15) is 0 Å². The Balaban J connectivity index is 1.87. The van der Waals surface area contributed by atoms with Gasteiger partial charge in [-0.1, -0.05) is 78.3 Å². The molecule has 3 heteroatoms. The van der Waals surface area contributed by atoms with Gasteiger partial charge in [0.2, 0.25) is 5.91 Å². The van der Waals surface area contributed by atoms with Crippen LogP contribution in [-0.2, 0) is 11.2 Å². The Bertz CT molecular complexity index is 938. The van der Waals surface area contributed by atoms with Gasteiger partial charge < -0.3 is 4.90 Å². The molecule has 0 saturated heterocycles. The number of hydrogen-bond acceptors (Lipinski definition) is 1. The van der Waals surface area contributed by atoms with Gasteiger partial charge in [0.15, 0.2) is 0 Å². The Hall–Kier alpha value is -2.58. The number of halogens is 1. The maximum atomic E-state index is 13.3. The van der Waals surface area contributed by atoms with Crippen molar-refractivity contribution in [3.8, 4) is 0 Å². The normalized spacial score (nSPS) is 19.3. The highest BCUT2D eigenvalue weighted by atomic mass is 35.5. The highest BCUT2D eigenvalue weighted by molar-refractivity contribution is 6.31. The fraction of sp³-hybridized carbons (Fsp3) is 0.174. The summed E-state index contributed by atoms with van der Waals surface area (Å²) in [6, 6.07) is 26.2. The standard InChI is InChI=1S/C23H20ClNO/c1-25-21-14-8-6-12-18(21)22(17-11-5-7-13-20(17)24)19(23(25)26)15-16-9-3-2-4-10-16/h2-14,19,22H,15H2,1H3. The number of benzene rings is 3. The second-order valence-electron chi connectivity index (χ2n) is 6.75. The number of rotatable bonds is 3. The molecule has 3 aromatic carbocycles. The number of anilines is 1. The molecular weight excluding hydrogens is 342 g/mol. The Morgan fingerprint density at radius 1 is 0.846 bits per heavy atom. The first-order valence-electron chi connectivity index (χ1n) is 8.81. The van der Waals surface area contributed by atoms with Crippen molar-refractivity contribution in [1.82, 2.24) is 0 Å². The molecule has 4 rings (SSSR count). The molecule has 1 heterocycles. The van der Waals surface area contributed by atoms with Crippen LogP contribution in [0.1, 0.15) is 22.6 Å². The van der Waals surface area contributed by atoms with Crippen molar-refractivity contribution in [2.24, 2.45) is 5.92 Å². The maximum absolute atomic E-state index is 13.3. The summed E-state index contributed by atoms with van der Waals surface area (Å²) in [6.07, 6.45) is 0.689. The third-order valence-corrected chi connectivity index (χ3v) is 5.57. The van der Waals surface area contributed by atoms with Crippen molar-refractivity contribution in [1.29, 1.82) is 0 Å². The summed E-state index contributed by atoms with van der Waals surface area (Å²) < 4.78 is 0. The highest BCUT2D eigenvalue weighted by Gasteiger charge is 2.40. The Kier molecular flexibility index (Phi) is 4.52. The van der Waals surface area contributed by atoms with Crippen LogP contribution in [0.5, 0.6) is 0 Å². The molecule has 0 fully saturated rings. The van der Waals surface area contributed by atoms with Crippen LogP contribution in [0.4, 0.5) is 5.69 Å². The summed E-state index contributed by atoms with van der Waals surface area (Å²) in [5.41, 5.74) is 4.30. The van der Waals surface area contributed by atoms with Crippen LogP contribution < -0.4 is 4.90 Å². The lowest BCUT2D eigenvalue weighted by molar-refractivity contribution is -0.123. The molecule has 1 aliphatic rings. The lowest BCUT2D eigenvalue weighted by Crippen LogP contribution is -2.42. The van der Waals surface area contributed by atoms with Crippen molar-refractivity contribution < 1.29 is 4.79 Å². The summed E-state index contributed by atoms with van der Waals surface area (Å²) in [7, 11) is 1.86. The molecule has 26 heavy (non-hydrogen) atoms. The van der Waals surface area contributed by atoms with Crippen molar-refractivity contribution in [3.05, 3.63) is 101 Å². The number of amides is 1. The first-order chi connectivity index (χ1) is 12.7. The van der Waals surface area contributed by atoms with Gasteiger partial charge in [-0.05, 0) is 35.2 Å². The van der Waals surface area contributed by atoms with Gasteiger partial charge in [0, 0.05) is 23.7 Å². The zero-order valence-corrected chi connectivity index (χ0v) is 15.4. The number of hydrogen-bond donors (Lipinski definition) is 0. The third-order valence-electron chi connectivity index (χ3n) is 5.22. The van der Waals surface area contributed by atoms with E-state index in [4.69, 9.17) is 11.6 Å². The highest BCUT2D eigenvalue weighted by Crippen LogP contribution is 2.45. The van der Waals surface area contributed by atoms with Crippen LogP contribution in [0.25, 0.3) is 0 Å². The summed E-state index contributed by atoms with van der Waals surface area (Å²) in [6.45, 7) is 0. The smallest absolute Gasteiger partial charge is 0.231 e. The van der Waals surface area contributed by atoms with E-state index in [1.807, 2.05) is 67.7 Å². The van der Waals surface area contributed by atoms with Crippen LogP contribution >= 0.6 is 11.6 Å². The summed E-state index contributed by atoms with van der Waals surface area (Å²) in [4.78, 5) is 15.1. The van der Waals surface area contributed by atoms with Crippen LogP contribution in [0, 0.1) is 5.92 Å². The fourth-order valence-electron chi connectivity index (χ4n) is 3.97. The van der Waals surface area contributed by atoms with Crippen LogP contribution in [0.15, 0.2) is 78.9 Å². The van der Waals surface area contributed by atoms with Gasteiger partial charge in [-0.3, -0.25) is 4.79 Å². The third kappa shape index (κ3) is 2.91.